The van der Waals surface area contributed by atoms with Gasteiger partial charge in [0.25, 0.3) is 0 Å². The van der Waals surface area contributed by atoms with Crippen LogP contribution in [0.4, 0.5) is 4.79 Å². The molecule has 1 aliphatic heterocycles. The Bertz CT molecular complexity index is 468. The fourth-order valence-electron chi connectivity index (χ4n) is 2.03. The predicted molar refractivity (Wildman–Crippen MR) is 62.9 cm³/mol. The molecular weight excluding hydrogens is 236 g/mol. The summed E-state index contributed by atoms with van der Waals surface area (Å²) in [6, 6.07) is 3.36. The SMILES string of the molecule is COC(=O)CN1CC(c2ccc(C)o2)N(C)C1=O. The fraction of sp³-hybridized carbons (Fsp3) is 0.500. The van der Waals surface area contributed by atoms with Crippen molar-refractivity contribution < 1.29 is 18.7 Å². The Balaban J connectivity index is 2.12. The highest BCUT2D eigenvalue weighted by Crippen LogP contribution is 2.29. The Morgan fingerprint density at radius 1 is 1.56 bits per heavy atom. The minimum atomic E-state index is -0.423. The molecule has 0 bridgehead atoms. The second-order valence-corrected chi connectivity index (χ2v) is 4.31. The summed E-state index contributed by atoms with van der Waals surface area (Å²) in [4.78, 5) is 26.2. The van der Waals surface area contributed by atoms with Crippen LogP contribution in [-0.2, 0) is 9.53 Å². The molecule has 0 aliphatic carbocycles. The first-order valence-corrected chi connectivity index (χ1v) is 5.68. The molecule has 1 fully saturated rings. The van der Waals surface area contributed by atoms with Crippen molar-refractivity contribution in [2.75, 3.05) is 27.2 Å². The highest BCUT2D eigenvalue weighted by atomic mass is 16.5. The third-order valence-corrected chi connectivity index (χ3v) is 3.07. The van der Waals surface area contributed by atoms with Crippen LogP contribution >= 0.6 is 0 Å². The monoisotopic (exact) mass is 252 g/mol. The lowest BCUT2D eigenvalue weighted by atomic mass is 10.2. The maximum atomic E-state index is 11.9. The topological polar surface area (TPSA) is 63.0 Å². The van der Waals surface area contributed by atoms with E-state index in [0.717, 1.165) is 11.5 Å². The van der Waals surface area contributed by atoms with Gasteiger partial charge in [0.05, 0.1) is 13.7 Å². The van der Waals surface area contributed by atoms with Crippen LogP contribution in [0.2, 0.25) is 0 Å². The molecule has 98 valence electrons. The van der Waals surface area contributed by atoms with Gasteiger partial charge < -0.3 is 19.0 Å². The van der Waals surface area contributed by atoms with Gasteiger partial charge in [0, 0.05) is 7.05 Å². The molecule has 2 amide bonds. The molecule has 1 aromatic heterocycles. The van der Waals surface area contributed by atoms with E-state index in [0.29, 0.717) is 6.54 Å². The van der Waals surface area contributed by atoms with Crippen LogP contribution in [0.15, 0.2) is 16.5 Å². The van der Waals surface area contributed by atoms with Crippen LogP contribution in [0.25, 0.3) is 0 Å². The van der Waals surface area contributed by atoms with E-state index < -0.39 is 5.97 Å². The van der Waals surface area contributed by atoms with E-state index in [-0.39, 0.29) is 18.6 Å². The summed E-state index contributed by atoms with van der Waals surface area (Å²) >= 11 is 0. The van der Waals surface area contributed by atoms with E-state index >= 15 is 0 Å². The minimum Gasteiger partial charge on any atom is -0.468 e. The van der Waals surface area contributed by atoms with Crippen LogP contribution in [0.1, 0.15) is 17.6 Å². The van der Waals surface area contributed by atoms with Gasteiger partial charge in [-0.05, 0) is 19.1 Å². The summed E-state index contributed by atoms with van der Waals surface area (Å²) < 4.78 is 10.1. The first-order valence-electron chi connectivity index (χ1n) is 5.68. The van der Waals surface area contributed by atoms with Gasteiger partial charge in [-0.25, -0.2) is 4.79 Å². The quantitative estimate of drug-likeness (QED) is 0.757. The molecule has 1 atom stereocenters. The van der Waals surface area contributed by atoms with Crippen LogP contribution in [0.5, 0.6) is 0 Å². The van der Waals surface area contributed by atoms with Crippen molar-refractivity contribution in [1.82, 2.24) is 9.80 Å². The molecule has 1 aromatic rings. The van der Waals surface area contributed by atoms with Gasteiger partial charge in [0.2, 0.25) is 0 Å². The van der Waals surface area contributed by atoms with E-state index in [1.807, 2.05) is 19.1 Å². The van der Waals surface area contributed by atoms with Crippen LogP contribution in [0.3, 0.4) is 0 Å². The van der Waals surface area contributed by atoms with E-state index in [1.54, 1.807) is 11.9 Å². The van der Waals surface area contributed by atoms with Crippen molar-refractivity contribution in [2.24, 2.45) is 0 Å². The van der Waals surface area contributed by atoms with Gasteiger partial charge in [-0.15, -0.1) is 0 Å². The normalized spacial score (nSPS) is 19.5. The zero-order chi connectivity index (χ0) is 13.3. The Labute approximate surface area is 105 Å². The van der Waals surface area contributed by atoms with Crippen LogP contribution in [0, 0.1) is 6.92 Å². The zero-order valence-corrected chi connectivity index (χ0v) is 10.7. The maximum Gasteiger partial charge on any atom is 0.325 e. The Hall–Kier alpha value is -1.98. The first-order chi connectivity index (χ1) is 8.52. The van der Waals surface area contributed by atoms with Crippen molar-refractivity contribution in [3.05, 3.63) is 23.7 Å². The predicted octanol–water partition coefficient (Wildman–Crippen LogP) is 1.17. The van der Waals surface area contributed by atoms with Gasteiger partial charge in [-0.3, -0.25) is 4.79 Å². The molecular formula is C12H16N2O4. The molecule has 2 heterocycles. The lowest BCUT2D eigenvalue weighted by Gasteiger charge is -2.15. The van der Waals surface area contributed by atoms with Gasteiger partial charge >= 0.3 is 12.0 Å². The summed E-state index contributed by atoms with van der Waals surface area (Å²) in [7, 11) is 3.00. The molecule has 6 heteroatoms. The largest absolute Gasteiger partial charge is 0.468 e. The van der Waals surface area contributed by atoms with Crippen molar-refractivity contribution in [3.63, 3.8) is 0 Å². The number of furan rings is 1. The van der Waals surface area contributed by atoms with Crippen LogP contribution < -0.4 is 0 Å². The number of likely N-dealkylation sites (N-methyl/N-ethyl adjacent to an activating group) is 1. The summed E-state index contributed by atoms with van der Waals surface area (Å²) in [6.07, 6.45) is 0. The number of nitrogens with zero attached hydrogens (tertiary/aromatic N) is 2. The first kappa shape index (κ1) is 12.5. The van der Waals surface area contributed by atoms with Crippen molar-refractivity contribution in [2.45, 2.75) is 13.0 Å². The number of esters is 1. The molecule has 18 heavy (non-hydrogen) atoms. The van der Waals surface area contributed by atoms with E-state index in [2.05, 4.69) is 4.74 Å². The number of carbonyl (C=O) groups is 2. The summed E-state index contributed by atoms with van der Waals surface area (Å²) in [5.41, 5.74) is 0. The highest BCUT2D eigenvalue weighted by Gasteiger charge is 2.38. The minimum absolute atomic E-state index is 0.0319. The fourth-order valence-corrected chi connectivity index (χ4v) is 2.03. The second-order valence-electron chi connectivity index (χ2n) is 4.31. The van der Waals surface area contributed by atoms with Crippen LogP contribution in [-0.4, -0.2) is 49.0 Å². The Morgan fingerprint density at radius 2 is 2.28 bits per heavy atom. The number of urea groups is 1. The number of rotatable bonds is 3. The second kappa shape index (κ2) is 4.72. The zero-order valence-electron chi connectivity index (χ0n) is 10.7. The lowest BCUT2D eigenvalue weighted by molar-refractivity contribution is -0.141. The number of aryl methyl sites for hydroxylation is 1. The number of methoxy groups -OCH3 is 1. The third kappa shape index (κ3) is 2.18. The Morgan fingerprint density at radius 3 is 2.83 bits per heavy atom. The molecule has 0 N–H and O–H groups in total. The molecule has 2 rings (SSSR count). The number of carbonyl (C=O) groups excluding carboxylic acids is 2. The molecule has 0 saturated carbocycles. The van der Waals surface area contributed by atoms with Gasteiger partial charge in [0.15, 0.2) is 0 Å². The average Bonchev–Trinajstić information content (AvgIpc) is 2.88. The van der Waals surface area contributed by atoms with E-state index in [9.17, 15) is 9.59 Å². The Kier molecular flexibility index (Phi) is 3.27. The molecule has 0 spiro atoms. The van der Waals surface area contributed by atoms with Crippen molar-refractivity contribution in [1.29, 1.82) is 0 Å². The van der Waals surface area contributed by atoms with E-state index in [4.69, 9.17) is 4.42 Å². The van der Waals surface area contributed by atoms with Crippen molar-refractivity contribution in [3.8, 4) is 0 Å². The number of amides is 2. The molecule has 0 aromatic carbocycles. The average molecular weight is 252 g/mol. The van der Waals surface area contributed by atoms with Gasteiger partial charge in [-0.2, -0.15) is 0 Å². The molecule has 1 saturated heterocycles. The number of hydrogen-bond donors (Lipinski definition) is 0. The molecule has 1 unspecified atom stereocenters. The highest BCUT2D eigenvalue weighted by molar-refractivity contribution is 5.82. The summed E-state index contributed by atoms with van der Waals surface area (Å²) in [5.74, 6) is 1.11. The molecule has 1 aliphatic rings. The van der Waals surface area contributed by atoms with Gasteiger partial charge in [0.1, 0.15) is 24.1 Å². The molecule has 6 nitrogen and oxygen atoms in total. The maximum absolute atomic E-state index is 11.9. The smallest absolute Gasteiger partial charge is 0.325 e. The molecule has 0 radical (unpaired) electrons. The standard InChI is InChI=1S/C12H16N2O4/c1-8-4-5-10(18-8)9-6-14(7-11(15)17-3)12(16)13(9)2/h4-5,9H,6-7H2,1-3H3. The van der Waals surface area contributed by atoms with Crippen molar-refractivity contribution >= 4 is 12.0 Å². The summed E-state index contributed by atoms with van der Waals surface area (Å²) in [6.45, 7) is 2.25. The van der Waals surface area contributed by atoms with E-state index in [1.165, 1.54) is 12.0 Å². The van der Waals surface area contributed by atoms with Gasteiger partial charge in [-0.1, -0.05) is 0 Å². The lowest BCUT2D eigenvalue weighted by Crippen LogP contribution is -2.34. The third-order valence-electron chi connectivity index (χ3n) is 3.07. The number of hydrogen-bond acceptors (Lipinski definition) is 4. The summed E-state index contributed by atoms with van der Waals surface area (Å²) in [5, 5.41) is 0. The number of ether oxygens (including phenoxy) is 1.